The molecular weight excluding hydrogens is 399 g/mol. The van der Waals surface area contributed by atoms with E-state index in [0.29, 0.717) is 5.92 Å². The number of nitrogens with zero attached hydrogens (tertiary/aromatic N) is 2. The predicted molar refractivity (Wildman–Crippen MR) is 115 cm³/mol. The van der Waals surface area contributed by atoms with Gasteiger partial charge in [0.1, 0.15) is 11.6 Å². The van der Waals surface area contributed by atoms with Crippen molar-refractivity contribution in [3.05, 3.63) is 58.2 Å². The fraction of sp³-hybridized carbons (Fsp3) is 0.375. The molecule has 0 N–H and O–H groups in total. The number of aryl methyl sites for hydroxylation is 1. The Balaban J connectivity index is 2.11. The summed E-state index contributed by atoms with van der Waals surface area (Å²) in [5.74, 6) is -1.61. The smallest absolute Gasteiger partial charge is 0.349 e. The first kappa shape index (κ1) is 23.9. The fourth-order valence-corrected chi connectivity index (χ4v) is 3.13. The summed E-state index contributed by atoms with van der Waals surface area (Å²) in [6, 6.07) is 7.46. The molecule has 1 aromatic heterocycles. The van der Waals surface area contributed by atoms with Gasteiger partial charge < -0.3 is 14.0 Å². The van der Waals surface area contributed by atoms with Crippen LogP contribution in [0.25, 0.3) is 6.08 Å². The second-order valence-corrected chi connectivity index (χ2v) is 7.68. The zero-order valence-electron chi connectivity index (χ0n) is 18.5. The molecule has 31 heavy (non-hydrogen) atoms. The van der Waals surface area contributed by atoms with E-state index in [0.717, 1.165) is 36.0 Å². The highest BCUT2D eigenvalue weighted by atomic mass is 19.1. The Morgan fingerprint density at radius 3 is 2.55 bits per heavy atom. The number of ketones is 1. The maximum Gasteiger partial charge on any atom is 0.349 e. The number of ether oxygens (including phenoxy) is 2. The van der Waals surface area contributed by atoms with E-state index < -0.39 is 24.2 Å². The minimum Gasteiger partial charge on any atom is -0.494 e. The van der Waals surface area contributed by atoms with Crippen LogP contribution >= 0.6 is 0 Å². The predicted octanol–water partition coefficient (Wildman–Crippen LogP) is 4.63. The van der Waals surface area contributed by atoms with E-state index in [1.807, 2.05) is 26.0 Å². The Bertz CT molecular complexity index is 1040. The molecule has 0 bridgehead atoms. The van der Waals surface area contributed by atoms with Crippen molar-refractivity contribution in [3.8, 4) is 11.8 Å². The van der Waals surface area contributed by atoms with Gasteiger partial charge >= 0.3 is 5.97 Å². The van der Waals surface area contributed by atoms with Gasteiger partial charge in [-0.1, -0.05) is 13.8 Å². The summed E-state index contributed by atoms with van der Waals surface area (Å²) in [6.45, 7) is 8.46. The van der Waals surface area contributed by atoms with Gasteiger partial charge in [0.25, 0.3) is 0 Å². The Kier molecular flexibility index (Phi) is 8.14. The van der Waals surface area contributed by atoms with Crippen molar-refractivity contribution in [1.29, 1.82) is 5.26 Å². The Morgan fingerprint density at radius 1 is 1.26 bits per heavy atom. The third-order valence-corrected chi connectivity index (χ3v) is 4.99. The summed E-state index contributed by atoms with van der Waals surface area (Å²) in [4.78, 5) is 24.5. The van der Waals surface area contributed by atoms with Crippen LogP contribution in [0.3, 0.4) is 0 Å². The minimum absolute atomic E-state index is 0.00855. The minimum atomic E-state index is -0.906. The average molecular weight is 426 g/mol. The second-order valence-electron chi connectivity index (χ2n) is 7.68. The van der Waals surface area contributed by atoms with Gasteiger partial charge in [0.05, 0.1) is 7.11 Å². The molecule has 0 spiro atoms. The van der Waals surface area contributed by atoms with Crippen LogP contribution in [0, 0.1) is 36.9 Å². The van der Waals surface area contributed by atoms with Crippen LogP contribution in [-0.2, 0) is 16.1 Å². The molecule has 2 rings (SSSR count). The molecule has 0 saturated carbocycles. The highest BCUT2D eigenvalue weighted by Crippen LogP contribution is 2.21. The zero-order valence-corrected chi connectivity index (χ0v) is 18.5. The van der Waals surface area contributed by atoms with Gasteiger partial charge in [-0.25, -0.2) is 9.18 Å². The van der Waals surface area contributed by atoms with E-state index in [4.69, 9.17) is 9.47 Å². The quantitative estimate of drug-likeness (QED) is 0.253. The SMILES string of the molecule is COc1ccc(C(=O)COC(=O)/C(C#N)=C/c2cc(C)n(CCC(C)C)c2C)cc1F. The maximum absolute atomic E-state index is 13.8. The molecule has 0 unspecified atom stereocenters. The van der Waals surface area contributed by atoms with Crippen LogP contribution in [0.5, 0.6) is 5.75 Å². The number of carbonyl (C=O) groups is 2. The molecule has 164 valence electrons. The lowest BCUT2D eigenvalue weighted by Crippen LogP contribution is -2.15. The number of rotatable bonds is 9. The summed E-state index contributed by atoms with van der Waals surface area (Å²) < 4.78 is 25.7. The van der Waals surface area contributed by atoms with Crippen molar-refractivity contribution in [2.75, 3.05) is 13.7 Å². The van der Waals surface area contributed by atoms with Crippen molar-refractivity contribution in [2.24, 2.45) is 5.92 Å². The number of halogens is 1. The van der Waals surface area contributed by atoms with E-state index in [9.17, 15) is 19.2 Å². The molecule has 0 radical (unpaired) electrons. The van der Waals surface area contributed by atoms with Gasteiger partial charge in [0.2, 0.25) is 0 Å². The van der Waals surface area contributed by atoms with Crippen LogP contribution in [0.1, 0.15) is 47.6 Å². The molecule has 6 nitrogen and oxygen atoms in total. The number of benzene rings is 1. The summed E-state index contributed by atoms with van der Waals surface area (Å²) >= 11 is 0. The Labute approximate surface area is 181 Å². The summed E-state index contributed by atoms with van der Waals surface area (Å²) in [7, 11) is 1.32. The first-order chi connectivity index (χ1) is 14.7. The summed E-state index contributed by atoms with van der Waals surface area (Å²) in [5, 5.41) is 9.40. The molecule has 1 aromatic carbocycles. The number of esters is 1. The molecule has 7 heteroatoms. The zero-order chi connectivity index (χ0) is 23.1. The van der Waals surface area contributed by atoms with E-state index in [1.54, 1.807) is 0 Å². The third-order valence-electron chi connectivity index (χ3n) is 4.99. The first-order valence-corrected chi connectivity index (χ1v) is 10.00. The second kappa shape index (κ2) is 10.6. The maximum atomic E-state index is 13.8. The number of Topliss-reactive ketones (excluding diaryl/α,β-unsaturated/α-hetero) is 1. The molecule has 0 fully saturated rings. The van der Waals surface area contributed by atoms with Gasteiger partial charge in [-0.15, -0.1) is 0 Å². The van der Waals surface area contributed by atoms with Gasteiger partial charge in [-0.3, -0.25) is 4.79 Å². The van der Waals surface area contributed by atoms with Crippen LogP contribution in [0.4, 0.5) is 4.39 Å². The highest BCUT2D eigenvalue weighted by Gasteiger charge is 2.17. The molecule has 0 amide bonds. The molecule has 0 saturated heterocycles. The van der Waals surface area contributed by atoms with Crippen LogP contribution < -0.4 is 4.74 Å². The van der Waals surface area contributed by atoms with Crippen LogP contribution in [0.15, 0.2) is 29.8 Å². The largest absolute Gasteiger partial charge is 0.494 e. The van der Waals surface area contributed by atoms with E-state index in [-0.39, 0.29) is 16.9 Å². The lowest BCUT2D eigenvalue weighted by Gasteiger charge is -2.11. The molecular formula is C24H27FN2O4. The molecule has 0 aliphatic carbocycles. The van der Waals surface area contributed by atoms with Gasteiger partial charge in [-0.2, -0.15) is 5.26 Å². The summed E-state index contributed by atoms with van der Waals surface area (Å²) in [6.07, 6.45) is 2.48. The first-order valence-electron chi connectivity index (χ1n) is 10.00. The van der Waals surface area contributed by atoms with Crippen molar-refractivity contribution in [1.82, 2.24) is 4.57 Å². The van der Waals surface area contributed by atoms with Crippen LogP contribution in [0.2, 0.25) is 0 Å². The van der Waals surface area contributed by atoms with E-state index in [2.05, 4.69) is 18.4 Å². The standard InChI is InChI=1S/C24H27FN2O4/c1-15(2)8-9-27-16(3)10-19(17(27)4)11-20(13-26)24(29)31-14-22(28)18-6-7-23(30-5)21(25)12-18/h6-7,10-12,15H,8-9,14H2,1-5H3/b20-11+. The number of hydrogen-bond acceptors (Lipinski definition) is 5. The van der Waals surface area contributed by atoms with Gasteiger partial charge in [-0.05, 0) is 62.1 Å². The van der Waals surface area contributed by atoms with E-state index in [1.165, 1.54) is 25.3 Å². The number of nitriles is 1. The molecule has 0 aliphatic heterocycles. The van der Waals surface area contributed by atoms with Gasteiger partial charge in [0, 0.05) is 23.5 Å². The number of hydrogen-bond donors (Lipinski definition) is 0. The van der Waals surface area contributed by atoms with E-state index >= 15 is 0 Å². The lowest BCUT2D eigenvalue weighted by atomic mass is 10.1. The Hall–Kier alpha value is -3.40. The van der Waals surface area contributed by atoms with Crippen molar-refractivity contribution in [3.63, 3.8) is 0 Å². The summed E-state index contributed by atoms with van der Waals surface area (Å²) in [5.41, 5.74) is 2.56. The number of carbonyl (C=O) groups excluding carboxylic acids is 2. The van der Waals surface area contributed by atoms with Crippen molar-refractivity contribution >= 4 is 17.8 Å². The molecule has 0 atom stereocenters. The lowest BCUT2D eigenvalue weighted by molar-refractivity contribution is -0.137. The van der Waals surface area contributed by atoms with Crippen molar-refractivity contribution < 1.29 is 23.5 Å². The third kappa shape index (κ3) is 6.05. The van der Waals surface area contributed by atoms with Crippen LogP contribution in [-0.4, -0.2) is 30.0 Å². The van der Waals surface area contributed by atoms with Gasteiger partial charge in [0.15, 0.2) is 24.0 Å². The normalized spacial score (nSPS) is 11.4. The molecule has 2 aromatic rings. The topological polar surface area (TPSA) is 81.3 Å². The number of aromatic nitrogens is 1. The highest BCUT2D eigenvalue weighted by molar-refractivity contribution is 6.02. The Morgan fingerprint density at radius 2 is 1.97 bits per heavy atom. The number of methoxy groups -OCH3 is 1. The average Bonchev–Trinajstić information content (AvgIpc) is 3.00. The fourth-order valence-electron chi connectivity index (χ4n) is 3.13. The van der Waals surface area contributed by atoms with Crippen molar-refractivity contribution in [2.45, 2.75) is 40.7 Å². The molecule has 1 heterocycles. The monoisotopic (exact) mass is 426 g/mol. The molecule has 0 aliphatic rings.